The van der Waals surface area contributed by atoms with Gasteiger partial charge in [0.25, 0.3) is 0 Å². The molecular weight excluding hydrogens is 292 g/mol. The zero-order chi connectivity index (χ0) is 16.1. The third-order valence-corrected chi connectivity index (χ3v) is 4.34. The van der Waals surface area contributed by atoms with Crippen LogP contribution in [0.2, 0.25) is 0 Å². The molecule has 1 amide bonds. The van der Waals surface area contributed by atoms with E-state index in [9.17, 15) is 4.79 Å². The summed E-state index contributed by atoms with van der Waals surface area (Å²) in [4.78, 5) is 16.5. The molecule has 2 aliphatic rings. The summed E-state index contributed by atoms with van der Waals surface area (Å²) in [6, 6.07) is 3.79. The number of hydrogen-bond acceptors (Lipinski definition) is 5. The average Bonchev–Trinajstić information content (AvgIpc) is 3.17. The molecule has 1 fully saturated rings. The van der Waals surface area contributed by atoms with Crippen molar-refractivity contribution in [1.82, 2.24) is 10.3 Å². The normalized spacial score (nSPS) is 24.1. The van der Waals surface area contributed by atoms with Gasteiger partial charge in [-0.3, -0.25) is 9.78 Å². The fraction of sp³-hybridized carbons (Fsp3) is 0.529. The molecule has 0 spiro atoms. The van der Waals surface area contributed by atoms with Gasteiger partial charge in [-0.2, -0.15) is 10.2 Å². The minimum atomic E-state index is -0.351. The number of nitrogens with zero attached hydrogens (tertiary/aromatic N) is 3. The number of nitrogens with one attached hydrogen (secondary N) is 1. The largest absolute Gasteiger partial charge is 0.373 e. The topological polar surface area (TPSA) is 75.9 Å². The quantitative estimate of drug-likeness (QED) is 0.785. The van der Waals surface area contributed by atoms with Crippen molar-refractivity contribution in [3.05, 3.63) is 30.1 Å². The standard InChI is InChI=1S/C17H20N4O2/c1-2-3-7-17(20-21-17)8-11-19-16(22)14-6-12-23-15(14)13-4-9-18-10-5-13/h1,4-5,9-10,14-15H,3,6-8,11-12H2,(H,19,22)/t14-,15+/m1/s1. The molecule has 3 rings (SSSR count). The Labute approximate surface area is 135 Å². The Morgan fingerprint density at radius 3 is 2.87 bits per heavy atom. The highest BCUT2D eigenvalue weighted by Crippen LogP contribution is 2.37. The van der Waals surface area contributed by atoms with Gasteiger partial charge in [0.1, 0.15) is 0 Å². The van der Waals surface area contributed by atoms with Crippen LogP contribution in [0, 0.1) is 18.3 Å². The molecular formula is C17H20N4O2. The van der Waals surface area contributed by atoms with Crippen molar-refractivity contribution in [2.24, 2.45) is 16.1 Å². The molecule has 0 saturated carbocycles. The minimum absolute atomic E-state index is 0.0251. The number of hydrogen-bond donors (Lipinski definition) is 1. The monoisotopic (exact) mass is 312 g/mol. The van der Waals surface area contributed by atoms with Crippen molar-refractivity contribution in [2.75, 3.05) is 13.2 Å². The van der Waals surface area contributed by atoms with Crippen molar-refractivity contribution in [1.29, 1.82) is 0 Å². The fourth-order valence-corrected chi connectivity index (χ4v) is 2.92. The molecule has 120 valence electrons. The van der Waals surface area contributed by atoms with Crippen LogP contribution in [-0.4, -0.2) is 29.7 Å². The molecule has 1 aromatic rings. The number of carbonyl (C=O) groups excluding carboxylic acids is 1. The molecule has 0 aliphatic carbocycles. The summed E-state index contributed by atoms with van der Waals surface area (Å²) in [7, 11) is 0. The van der Waals surface area contributed by atoms with Gasteiger partial charge in [0.15, 0.2) is 5.66 Å². The van der Waals surface area contributed by atoms with Crippen LogP contribution in [0.15, 0.2) is 34.8 Å². The van der Waals surface area contributed by atoms with Gasteiger partial charge in [-0.05, 0) is 24.1 Å². The van der Waals surface area contributed by atoms with Crippen LogP contribution >= 0.6 is 0 Å². The molecule has 1 aromatic heterocycles. The summed E-state index contributed by atoms with van der Waals surface area (Å²) in [5, 5.41) is 11.1. The lowest BCUT2D eigenvalue weighted by Gasteiger charge is -2.19. The van der Waals surface area contributed by atoms with Crippen molar-refractivity contribution >= 4 is 5.91 Å². The third-order valence-electron chi connectivity index (χ3n) is 4.34. The number of rotatable bonds is 7. The van der Waals surface area contributed by atoms with Crippen LogP contribution in [-0.2, 0) is 9.53 Å². The number of pyridine rings is 1. The molecule has 0 aromatic carbocycles. The van der Waals surface area contributed by atoms with Gasteiger partial charge in [0.2, 0.25) is 5.91 Å². The Morgan fingerprint density at radius 1 is 1.39 bits per heavy atom. The Morgan fingerprint density at radius 2 is 2.17 bits per heavy atom. The number of carbonyl (C=O) groups is 1. The summed E-state index contributed by atoms with van der Waals surface area (Å²) in [5.41, 5.74) is 0.645. The van der Waals surface area contributed by atoms with E-state index in [4.69, 9.17) is 11.2 Å². The second-order valence-corrected chi connectivity index (χ2v) is 5.89. The highest BCUT2D eigenvalue weighted by Gasteiger charge is 2.39. The number of ether oxygens (including phenoxy) is 1. The van der Waals surface area contributed by atoms with Crippen LogP contribution in [0.3, 0.4) is 0 Å². The van der Waals surface area contributed by atoms with Gasteiger partial charge in [-0.25, -0.2) is 0 Å². The molecule has 23 heavy (non-hydrogen) atoms. The molecule has 1 saturated heterocycles. The van der Waals surface area contributed by atoms with E-state index in [0.717, 1.165) is 18.4 Å². The molecule has 0 radical (unpaired) electrons. The fourth-order valence-electron chi connectivity index (χ4n) is 2.92. The molecule has 6 heteroatoms. The van der Waals surface area contributed by atoms with Gasteiger partial charge < -0.3 is 10.1 Å². The second-order valence-electron chi connectivity index (χ2n) is 5.89. The smallest absolute Gasteiger partial charge is 0.226 e. The van der Waals surface area contributed by atoms with Crippen molar-refractivity contribution in [3.8, 4) is 12.3 Å². The van der Waals surface area contributed by atoms with Gasteiger partial charge in [0.05, 0.1) is 12.0 Å². The lowest BCUT2D eigenvalue weighted by Crippen LogP contribution is -2.34. The molecule has 3 heterocycles. The molecule has 2 aliphatic heterocycles. The van der Waals surface area contributed by atoms with Crippen LogP contribution in [0.4, 0.5) is 0 Å². The van der Waals surface area contributed by atoms with Crippen LogP contribution in [0.1, 0.15) is 37.4 Å². The van der Waals surface area contributed by atoms with E-state index in [1.807, 2.05) is 12.1 Å². The Bertz CT molecular complexity index is 617. The van der Waals surface area contributed by atoms with Gasteiger partial charge in [-0.15, -0.1) is 12.3 Å². The molecule has 2 atom stereocenters. The average molecular weight is 312 g/mol. The summed E-state index contributed by atoms with van der Waals surface area (Å²) >= 11 is 0. The van der Waals surface area contributed by atoms with Crippen LogP contribution in [0.25, 0.3) is 0 Å². The minimum Gasteiger partial charge on any atom is -0.373 e. The van der Waals surface area contributed by atoms with E-state index < -0.39 is 0 Å². The van der Waals surface area contributed by atoms with E-state index in [1.165, 1.54) is 0 Å². The predicted molar refractivity (Wildman–Crippen MR) is 84.3 cm³/mol. The zero-order valence-corrected chi connectivity index (χ0v) is 12.9. The molecule has 1 N–H and O–H groups in total. The van der Waals surface area contributed by atoms with Crippen LogP contribution < -0.4 is 5.32 Å². The predicted octanol–water partition coefficient (Wildman–Crippen LogP) is 2.24. The number of aromatic nitrogens is 1. The lowest BCUT2D eigenvalue weighted by molar-refractivity contribution is -0.126. The lowest BCUT2D eigenvalue weighted by atomic mass is 9.95. The Kier molecular flexibility index (Phi) is 4.68. The maximum Gasteiger partial charge on any atom is 0.226 e. The highest BCUT2D eigenvalue weighted by atomic mass is 16.5. The molecule has 0 bridgehead atoms. The van der Waals surface area contributed by atoms with E-state index in [2.05, 4.69) is 26.4 Å². The summed E-state index contributed by atoms with van der Waals surface area (Å²) in [6.07, 6.45) is 11.4. The van der Waals surface area contributed by atoms with Crippen molar-refractivity contribution < 1.29 is 9.53 Å². The highest BCUT2D eigenvalue weighted by molar-refractivity contribution is 5.79. The Hall–Kier alpha value is -2.26. The van der Waals surface area contributed by atoms with Crippen molar-refractivity contribution in [2.45, 2.75) is 37.5 Å². The molecule has 0 unspecified atom stereocenters. The molecule has 6 nitrogen and oxygen atoms in total. The third kappa shape index (κ3) is 3.74. The summed E-state index contributed by atoms with van der Waals surface area (Å²) in [5.74, 6) is 2.47. The number of amides is 1. The Balaban J connectivity index is 1.49. The first-order valence-electron chi connectivity index (χ1n) is 7.91. The SMILES string of the molecule is C#CCCC1(CCNC(=O)[C@@H]2CCO[C@H]2c2ccncc2)N=N1. The summed E-state index contributed by atoms with van der Waals surface area (Å²) in [6.45, 7) is 1.15. The van der Waals surface area contributed by atoms with E-state index in [0.29, 0.717) is 26.0 Å². The van der Waals surface area contributed by atoms with Gasteiger partial charge in [0, 0.05) is 44.8 Å². The first-order chi connectivity index (χ1) is 11.2. The van der Waals surface area contributed by atoms with E-state index in [-0.39, 0.29) is 23.6 Å². The number of terminal acetylenes is 1. The maximum atomic E-state index is 12.4. The zero-order valence-electron chi connectivity index (χ0n) is 12.9. The van der Waals surface area contributed by atoms with Crippen LogP contribution in [0.5, 0.6) is 0 Å². The first-order valence-corrected chi connectivity index (χ1v) is 7.91. The second kappa shape index (κ2) is 6.88. The maximum absolute atomic E-state index is 12.4. The summed E-state index contributed by atoms with van der Waals surface area (Å²) < 4.78 is 5.74. The van der Waals surface area contributed by atoms with E-state index >= 15 is 0 Å². The van der Waals surface area contributed by atoms with Crippen molar-refractivity contribution in [3.63, 3.8) is 0 Å². The first kappa shape index (κ1) is 15.6. The van der Waals surface area contributed by atoms with Gasteiger partial charge in [-0.1, -0.05) is 0 Å². The van der Waals surface area contributed by atoms with Gasteiger partial charge >= 0.3 is 0 Å². The van der Waals surface area contributed by atoms with E-state index in [1.54, 1.807) is 12.4 Å².